The van der Waals surface area contributed by atoms with Gasteiger partial charge in [-0.05, 0) is 146 Å². The highest BCUT2D eigenvalue weighted by atomic mass is 15.1. The fraction of sp³-hybridized carbons (Fsp3) is 0.0741. The maximum absolute atomic E-state index is 8.00. The molecule has 9 aromatic carbocycles. The zero-order chi connectivity index (χ0) is 46.1. The average molecular weight is 743 g/mol. The summed E-state index contributed by atoms with van der Waals surface area (Å²) < 4.78 is 74.2. The number of hydrogen-bond donors (Lipinski definition) is 0. The molecule has 0 N–H and O–H groups in total. The van der Waals surface area contributed by atoms with E-state index < -0.39 is 20.6 Å². The summed E-state index contributed by atoms with van der Waals surface area (Å²) in [5.74, 6) is 0. The lowest BCUT2D eigenvalue weighted by Crippen LogP contribution is -2.10. The Balaban J connectivity index is 1.19. The van der Waals surface area contributed by atoms with Crippen molar-refractivity contribution >= 4 is 77.5 Å². The van der Waals surface area contributed by atoms with Crippen molar-refractivity contribution in [2.24, 2.45) is 0 Å². The van der Waals surface area contributed by atoms with E-state index in [-0.39, 0.29) is 16.7 Å². The maximum Gasteiger partial charge on any atom is 0.0561 e. The van der Waals surface area contributed by atoms with Gasteiger partial charge in [-0.2, -0.15) is 0 Å². The molecule has 0 atom stereocenters. The minimum atomic E-state index is -2.28. The predicted octanol–water partition coefficient (Wildman–Crippen LogP) is 15.3. The van der Waals surface area contributed by atoms with Crippen molar-refractivity contribution in [3.8, 4) is 5.69 Å². The largest absolute Gasteiger partial charge is 0.310 e. The molecule has 274 valence electrons. The quantitative estimate of drug-likeness (QED) is 0.161. The second-order valence-corrected chi connectivity index (χ2v) is 14.6. The Morgan fingerprint density at radius 2 is 0.807 bits per heavy atom. The van der Waals surface area contributed by atoms with E-state index in [4.69, 9.17) is 12.3 Å². The molecule has 0 unspecified atom stereocenters. The number of anilines is 6. The van der Waals surface area contributed by atoms with Crippen molar-refractivity contribution in [3.63, 3.8) is 0 Å². The molecule has 0 amide bonds. The first-order valence-electron chi connectivity index (χ1n) is 23.5. The Bertz CT molecular complexity index is 3370. The maximum atomic E-state index is 8.00. The third-order valence-electron chi connectivity index (χ3n) is 10.9. The fourth-order valence-electron chi connectivity index (χ4n) is 8.03. The third-order valence-corrected chi connectivity index (χ3v) is 10.9. The van der Waals surface area contributed by atoms with Gasteiger partial charge in [0.05, 0.1) is 11.0 Å². The van der Waals surface area contributed by atoms with Crippen molar-refractivity contribution in [2.75, 3.05) is 9.80 Å². The van der Waals surface area contributed by atoms with Gasteiger partial charge in [0.2, 0.25) is 0 Å². The molecule has 3 nitrogen and oxygen atoms in total. The van der Waals surface area contributed by atoms with Crippen molar-refractivity contribution in [3.05, 3.63) is 210 Å². The van der Waals surface area contributed by atoms with E-state index in [0.29, 0.717) is 11.4 Å². The van der Waals surface area contributed by atoms with Gasteiger partial charge in [0.1, 0.15) is 0 Å². The zero-order valence-electron chi connectivity index (χ0n) is 40.2. The van der Waals surface area contributed by atoms with Gasteiger partial charge >= 0.3 is 0 Å². The number of hydrogen-bond acceptors (Lipinski definition) is 2. The first-order chi connectivity index (χ1) is 31.5. The first-order valence-corrected chi connectivity index (χ1v) is 19.0. The van der Waals surface area contributed by atoms with Gasteiger partial charge in [0, 0.05) is 62.9 Å². The normalized spacial score (nSPS) is 14.5. The number of rotatable bonds is 7. The van der Waals surface area contributed by atoms with Crippen LogP contribution in [0, 0.1) is 27.5 Å². The van der Waals surface area contributed by atoms with E-state index in [9.17, 15) is 0 Å². The summed E-state index contributed by atoms with van der Waals surface area (Å²) >= 11 is 0. The van der Waals surface area contributed by atoms with Crippen molar-refractivity contribution in [1.82, 2.24) is 4.57 Å². The molecule has 1 aromatic heterocycles. The van der Waals surface area contributed by atoms with Crippen LogP contribution in [0.1, 0.15) is 34.6 Å². The summed E-state index contributed by atoms with van der Waals surface area (Å²) in [4.78, 5) is 4.16. The Hall–Kier alpha value is -7.10. The van der Waals surface area contributed by atoms with Gasteiger partial charge in [0.25, 0.3) is 0 Å². The van der Waals surface area contributed by atoms with Gasteiger partial charge in [0.15, 0.2) is 0 Å². The van der Waals surface area contributed by atoms with Gasteiger partial charge in [-0.15, -0.1) is 0 Å². The van der Waals surface area contributed by atoms with Crippen molar-refractivity contribution in [1.29, 1.82) is 0 Å². The Morgan fingerprint density at radius 3 is 1.39 bits per heavy atom. The topological polar surface area (TPSA) is 11.4 Å². The molecule has 0 fully saturated rings. The van der Waals surface area contributed by atoms with Crippen LogP contribution in [0.15, 0.2) is 188 Å². The number of benzene rings is 9. The van der Waals surface area contributed by atoms with E-state index in [0.717, 1.165) is 77.4 Å². The molecule has 10 rings (SSSR count). The molecule has 0 aliphatic heterocycles. The number of fused-ring (bicyclic) bond motifs is 5. The highest BCUT2D eigenvalue weighted by molar-refractivity contribution is 6.15. The van der Waals surface area contributed by atoms with E-state index in [1.807, 2.05) is 35.2 Å². The molecule has 3 heteroatoms. The Morgan fingerprint density at radius 1 is 0.351 bits per heavy atom. The predicted molar refractivity (Wildman–Crippen MR) is 244 cm³/mol. The SMILES string of the molecule is [2H]C([2H])([2H])c1ccc(N(c2ccc(C)cc2)c2ccc3cc4c5ccc(N(c6ccc(C([2H])([2H])[2H])cc6)c6ccc(C([2H])([2H])[2H])cc6)cc5n(-c5ccc6ccccc6c5)c4cc3c2)cc1. The molecular weight excluding hydrogens is 691 g/mol. The molecule has 10 aromatic rings. The summed E-state index contributed by atoms with van der Waals surface area (Å²) in [5, 5.41) is 6.34. The van der Waals surface area contributed by atoms with Gasteiger partial charge in [-0.1, -0.05) is 113 Å². The summed E-state index contributed by atoms with van der Waals surface area (Å²) in [7, 11) is 0. The van der Waals surface area contributed by atoms with Crippen LogP contribution in [0.3, 0.4) is 0 Å². The van der Waals surface area contributed by atoms with Crippen LogP contribution in [0.25, 0.3) is 49.0 Å². The van der Waals surface area contributed by atoms with Crippen LogP contribution in [0.5, 0.6) is 0 Å². The van der Waals surface area contributed by atoms with E-state index in [1.54, 1.807) is 60.7 Å². The number of aromatic nitrogens is 1. The van der Waals surface area contributed by atoms with Crippen LogP contribution >= 0.6 is 0 Å². The highest BCUT2D eigenvalue weighted by Crippen LogP contribution is 2.42. The molecule has 57 heavy (non-hydrogen) atoms. The van der Waals surface area contributed by atoms with Crippen molar-refractivity contribution < 1.29 is 12.3 Å². The average Bonchev–Trinajstić information content (AvgIpc) is 3.60. The smallest absolute Gasteiger partial charge is 0.0561 e. The summed E-state index contributed by atoms with van der Waals surface area (Å²) in [5.41, 5.74) is 9.63. The molecule has 0 aliphatic rings. The molecule has 0 bridgehead atoms. The molecule has 1 heterocycles. The molecule has 0 radical (unpaired) electrons. The van der Waals surface area contributed by atoms with E-state index >= 15 is 0 Å². The van der Waals surface area contributed by atoms with Crippen LogP contribution in [0.4, 0.5) is 34.1 Å². The monoisotopic (exact) mass is 742 g/mol. The van der Waals surface area contributed by atoms with Crippen LogP contribution in [-0.4, -0.2) is 4.57 Å². The summed E-state index contributed by atoms with van der Waals surface area (Å²) in [6, 6.07) is 60.8. The third kappa shape index (κ3) is 6.28. The van der Waals surface area contributed by atoms with E-state index in [2.05, 4.69) is 113 Å². The highest BCUT2D eigenvalue weighted by Gasteiger charge is 2.20. The lowest BCUT2D eigenvalue weighted by Gasteiger charge is -2.26. The second-order valence-electron chi connectivity index (χ2n) is 14.6. The van der Waals surface area contributed by atoms with Gasteiger partial charge in [-0.25, -0.2) is 0 Å². The van der Waals surface area contributed by atoms with Crippen LogP contribution in [-0.2, 0) is 0 Å². The Kier molecular flexibility index (Phi) is 6.30. The van der Waals surface area contributed by atoms with Crippen molar-refractivity contribution in [2.45, 2.75) is 27.5 Å². The zero-order valence-corrected chi connectivity index (χ0v) is 31.2. The standard InChI is InChI=1S/C54H43N3/c1-36-9-19-44(20-10-36)55(45-21-11-37(2)12-22-45)48-28-18-42-33-52-51-30-29-50(56(46-23-13-38(3)14-24-46)47-25-15-39(4)16-26-47)35-54(51)57(53(52)34-43(42)32-48)49-27-17-40-7-5-6-8-41(40)31-49/h5-35H,1-4H3/i1D3,3D3,4D3. The molecule has 0 spiro atoms. The van der Waals surface area contributed by atoms with Gasteiger partial charge in [-0.3, -0.25) is 0 Å². The Labute approximate surface area is 346 Å². The minimum Gasteiger partial charge on any atom is -0.310 e. The molecule has 0 aliphatic carbocycles. The van der Waals surface area contributed by atoms with Crippen LogP contribution in [0.2, 0.25) is 0 Å². The minimum absolute atomic E-state index is 0.222. The fourth-order valence-corrected chi connectivity index (χ4v) is 8.03. The first kappa shape index (κ1) is 25.9. The van der Waals surface area contributed by atoms with Gasteiger partial charge < -0.3 is 14.4 Å². The summed E-state index contributed by atoms with van der Waals surface area (Å²) in [6.07, 6.45) is 0. The van der Waals surface area contributed by atoms with E-state index in [1.165, 1.54) is 0 Å². The summed E-state index contributed by atoms with van der Waals surface area (Å²) in [6.45, 7) is -4.72. The van der Waals surface area contributed by atoms with Crippen LogP contribution < -0.4 is 9.80 Å². The number of aryl methyl sites for hydroxylation is 4. The molecule has 0 saturated carbocycles. The lowest BCUT2D eigenvalue weighted by molar-refractivity contribution is 1.18. The lowest BCUT2D eigenvalue weighted by atomic mass is 10.0. The number of nitrogens with zero attached hydrogens (tertiary/aromatic N) is 3. The molecule has 0 saturated heterocycles. The molecular formula is C54H43N3. The second kappa shape index (κ2) is 13.9.